The third-order valence-electron chi connectivity index (χ3n) is 3.85. The molecule has 1 aliphatic carbocycles. The van der Waals surface area contributed by atoms with Gasteiger partial charge in [0.05, 0.1) is 0 Å². The molecule has 0 amide bonds. The SMILES string of the molecule is Cc1c(Cl)cccc1-n1ccc2c1CCCC2N. The van der Waals surface area contributed by atoms with Crippen LogP contribution in [-0.4, -0.2) is 4.57 Å². The summed E-state index contributed by atoms with van der Waals surface area (Å²) in [5.41, 5.74) is 11.1. The van der Waals surface area contributed by atoms with E-state index in [2.05, 4.69) is 29.8 Å². The summed E-state index contributed by atoms with van der Waals surface area (Å²) in [5.74, 6) is 0. The predicted molar refractivity (Wildman–Crippen MR) is 75.4 cm³/mol. The zero-order valence-electron chi connectivity index (χ0n) is 10.5. The van der Waals surface area contributed by atoms with Crippen LogP contribution in [0.15, 0.2) is 30.5 Å². The second-order valence-corrected chi connectivity index (χ2v) is 5.38. The monoisotopic (exact) mass is 260 g/mol. The Morgan fingerprint density at radius 2 is 2.17 bits per heavy atom. The minimum Gasteiger partial charge on any atom is -0.324 e. The summed E-state index contributed by atoms with van der Waals surface area (Å²) in [6.45, 7) is 2.06. The number of rotatable bonds is 1. The fourth-order valence-corrected chi connectivity index (χ4v) is 2.98. The number of aromatic nitrogens is 1. The number of hydrogen-bond acceptors (Lipinski definition) is 1. The molecular weight excluding hydrogens is 244 g/mol. The van der Waals surface area contributed by atoms with Crippen molar-refractivity contribution in [1.29, 1.82) is 0 Å². The Bertz CT molecular complexity index is 586. The Morgan fingerprint density at radius 3 is 3.00 bits per heavy atom. The number of fused-ring (bicyclic) bond motifs is 1. The van der Waals surface area contributed by atoms with Gasteiger partial charge in [0, 0.05) is 28.6 Å². The maximum Gasteiger partial charge on any atom is 0.0496 e. The molecule has 18 heavy (non-hydrogen) atoms. The first kappa shape index (κ1) is 11.8. The molecule has 1 aromatic carbocycles. The van der Waals surface area contributed by atoms with Crippen LogP contribution in [0.3, 0.4) is 0 Å². The van der Waals surface area contributed by atoms with Gasteiger partial charge in [-0.15, -0.1) is 0 Å². The number of nitrogens with zero attached hydrogens (tertiary/aromatic N) is 1. The van der Waals surface area contributed by atoms with Crippen molar-refractivity contribution in [2.45, 2.75) is 32.2 Å². The van der Waals surface area contributed by atoms with Crippen molar-refractivity contribution in [1.82, 2.24) is 4.57 Å². The van der Waals surface area contributed by atoms with Gasteiger partial charge in [0.25, 0.3) is 0 Å². The molecule has 0 fully saturated rings. The zero-order chi connectivity index (χ0) is 12.7. The Hall–Kier alpha value is -1.25. The van der Waals surface area contributed by atoms with Crippen molar-refractivity contribution in [2.24, 2.45) is 5.73 Å². The van der Waals surface area contributed by atoms with Crippen molar-refractivity contribution in [3.8, 4) is 5.69 Å². The standard InChI is InChI=1S/C15H17ClN2/c1-10-12(16)4-2-6-14(10)18-9-8-11-13(17)5-3-7-15(11)18/h2,4,6,8-9,13H,3,5,7,17H2,1H3. The Balaban J connectivity index is 2.16. The quantitative estimate of drug-likeness (QED) is 0.831. The molecule has 1 heterocycles. The highest BCUT2D eigenvalue weighted by Gasteiger charge is 2.21. The summed E-state index contributed by atoms with van der Waals surface area (Å²) in [7, 11) is 0. The first-order chi connectivity index (χ1) is 8.68. The van der Waals surface area contributed by atoms with Gasteiger partial charge in [-0.3, -0.25) is 0 Å². The summed E-state index contributed by atoms with van der Waals surface area (Å²) >= 11 is 6.20. The minimum absolute atomic E-state index is 0.189. The van der Waals surface area contributed by atoms with E-state index in [0.717, 1.165) is 35.5 Å². The van der Waals surface area contributed by atoms with E-state index in [4.69, 9.17) is 17.3 Å². The largest absolute Gasteiger partial charge is 0.324 e. The highest BCUT2D eigenvalue weighted by atomic mass is 35.5. The molecular formula is C15H17ClN2. The normalized spacial score (nSPS) is 18.7. The van der Waals surface area contributed by atoms with Crippen LogP contribution < -0.4 is 5.73 Å². The molecule has 1 aliphatic rings. The second kappa shape index (κ2) is 4.45. The molecule has 0 aliphatic heterocycles. The van der Waals surface area contributed by atoms with E-state index in [1.807, 2.05) is 12.1 Å². The lowest BCUT2D eigenvalue weighted by Crippen LogP contribution is -2.18. The average Bonchev–Trinajstić information content (AvgIpc) is 2.78. The highest BCUT2D eigenvalue weighted by molar-refractivity contribution is 6.31. The lowest BCUT2D eigenvalue weighted by Gasteiger charge is -2.21. The van der Waals surface area contributed by atoms with Crippen LogP contribution in [0, 0.1) is 6.92 Å². The molecule has 0 bridgehead atoms. The fourth-order valence-electron chi connectivity index (χ4n) is 2.81. The van der Waals surface area contributed by atoms with Gasteiger partial charge in [0.15, 0.2) is 0 Å². The van der Waals surface area contributed by atoms with Gasteiger partial charge in [-0.2, -0.15) is 0 Å². The lowest BCUT2D eigenvalue weighted by molar-refractivity contribution is 0.560. The predicted octanol–water partition coefficient (Wildman–Crippen LogP) is 3.78. The average molecular weight is 261 g/mol. The lowest BCUT2D eigenvalue weighted by atomic mass is 9.93. The number of halogens is 1. The topological polar surface area (TPSA) is 30.9 Å². The molecule has 0 saturated heterocycles. The zero-order valence-corrected chi connectivity index (χ0v) is 11.2. The van der Waals surface area contributed by atoms with Crippen LogP contribution in [0.4, 0.5) is 0 Å². The Morgan fingerprint density at radius 1 is 1.33 bits per heavy atom. The van der Waals surface area contributed by atoms with Gasteiger partial charge >= 0.3 is 0 Å². The molecule has 0 radical (unpaired) electrons. The van der Waals surface area contributed by atoms with Crippen LogP contribution in [0.5, 0.6) is 0 Å². The first-order valence-electron chi connectivity index (χ1n) is 6.39. The van der Waals surface area contributed by atoms with Crippen molar-refractivity contribution >= 4 is 11.6 Å². The summed E-state index contributed by atoms with van der Waals surface area (Å²) < 4.78 is 2.25. The third-order valence-corrected chi connectivity index (χ3v) is 4.26. The van der Waals surface area contributed by atoms with Gasteiger partial charge in [0.2, 0.25) is 0 Å². The highest BCUT2D eigenvalue weighted by Crippen LogP contribution is 2.32. The molecule has 2 nitrogen and oxygen atoms in total. The van der Waals surface area contributed by atoms with Gasteiger partial charge in [-0.25, -0.2) is 0 Å². The number of hydrogen-bond donors (Lipinski definition) is 1. The van der Waals surface area contributed by atoms with E-state index in [0.29, 0.717) is 0 Å². The van der Waals surface area contributed by atoms with Crippen molar-refractivity contribution < 1.29 is 0 Å². The van der Waals surface area contributed by atoms with Gasteiger partial charge in [-0.1, -0.05) is 17.7 Å². The van der Waals surface area contributed by atoms with E-state index in [1.54, 1.807) is 0 Å². The van der Waals surface area contributed by atoms with Crippen molar-refractivity contribution in [3.05, 3.63) is 52.3 Å². The molecule has 2 N–H and O–H groups in total. The molecule has 1 unspecified atom stereocenters. The Labute approximate surface area is 112 Å². The maximum atomic E-state index is 6.20. The van der Waals surface area contributed by atoms with Gasteiger partial charge in [0.1, 0.15) is 0 Å². The second-order valence-electron chi connectivity index (χ2n) is 4.97. The molecule has 0 saturated carbocycles. The van der Waals surface area contributed by atoms with Crippen molar-refractivity contribution in [2.75, 3.05) is 0 Å². The maximum absolute atomic E-state index is 6.20. The van der Waals surface area contributed by atoms with Gasteiger partial charge in [-0.05, 0) is 55.5 Å². The van der Waals surface area contributed by atoms with E-state index >= 15 is 0 Å². The van der Waals surface area contributed by atoms with E-state index in [9.17, 15) is 0 Å². The molecule has 2 aromatic rings. The fraction of sp³-hybridized carbons (Fsp3) is 0.333. The molecule has 3 heteroatoms. The van der Waals surface area contributed by atoms with E-state index in [-0.39, 0.29) is 6.04 Å². The van der Waals surface area contributed by atoms with Crippen LogP contribution in [0.2, 0.25) is 5.02 Å². The molecule has 94 valence electrons. The molecule has 3 rings (SSSR count). The summed E-state index contributed by atoms with van der Waals surface area (Å²) in [4.78, 5) is 0. The first-order valence-corrected chi connectivity index (χ1v) is 6.77. The van der Waals surface area contributed by atoms with Gasteiger partial charge < -0.3 is 10.3 Å². The van der Waals surface area contributed by atoms with Crippen LogP contribution in [0.25, 0.3) is 5.69 Å². The third kappa shape index (κ3) is 1.76. The molecule has 1 atom stereocenters. The minimum atomic E-state index is 0.189. The summed E-state index contributed by atoms with van der Waals surface area (Å²) in [6.07, 6.45) is 5.47. The summed E-state index contributed by atoms with van der Waals surface area (Å²) in [5, 5.41) is 0.815. The summed E-state index contributed by atoms with van der Waals surface area (Å²) in [6, 6.07) is 8.39. The smallest absolute Gasteiger partial charge is 0.0496 e. The van der Waals surface area contributed by atoms with Crippen LogP contribution in [0.1, 0.15) is 35.7 Å². The molecule has 1 aromatic heterocycles. The number of nitrogens with two attached hydrogens (primary N) is 1. The van der Waals surface area contributed by atoms with E-state index in [1.165, 1.54) is 11.3 Å². The van der Waals surface area contributed by atoms with Crippen LogP contribution >= 0.6 is 11.6 Å². The van der Waals surface area contributed by atoms with Crippen molar-refractivity contribution in [3.63, 3.8) is 0 Å². The molecule has 0 spiro atoms. The van der Waals surface area contributed by atoms with E-state index < -0.39 is 0 Å². The Kier molecular flexibility index (Phi) is 2.92. The number of benzene rings is 1. The van der Waals surface area contributed by atoms with Crippen LogP contribution in [-0.2, 0) is 6.42 Å².